The van der Waals surface area contributed by atoms with Crippen LogP contribution in [0.15, 0.2) is 18.2 Å². The Morgan fingerprint density at radius 3 is 2.70 bits per heavy atom. The summed E-state index contributed by atoms with van der Waals surface area (Å²) in [4.78, 5) is 7.09. The monoisotopic (exact) mass is 275 g/mol. The van der Waals surface area contributed by atoms with Crippen molar-refractivity contribution in [2.45, 2.75) is 53.1 Å². The molecule has 1 aliphatic rings. The first-order valence-corrected chi connectivity index (χ1v) is 7.83. The summed E-state index contributed by atoms with van der Waals surface area (Å²) < 4.78 is 0. The van der Waals surface area contributed by atoms with E-state index in [9.17, 15) is 0 Å². The normalized spacial score (nSPS) is 25.3. The van der Waals surface area contributed by atoms with Crippen LogP contribution in [0.25, 0.3) is 0 Å². The Balaban J connectivity index is 1.96. The molecule has 1 fully saturated rings. The van der Waals surface area contributed by atoms with Gasteiger partial charge in [0.15, 0.2) is 0 Å². The molecule has 1 aromatic rings. The minimum absolute atomic E-state index is 0.297. The molecule has 2 N–H and O–H groups in total. The van der Waals surface area contributed by atoms with Crippen molar-refractivity contribution in [2.75, 3.05) is 13.1 Å². The summed E-state index contributed by atoms with van der Waals surface area (Å²) in [6, 6.07) is 6.58. The molecular formula is C17H29N3. The second-order valence-electron chi connectivity index (χ2n) is 6.91. The molecule has 1 aromatic heterocycles. The minimum Gasteiger partial charge on any atom is -0.327 e. The molecule has 0 aromatic carbocycles. The van der Waals surface area contributed by atoms with Gasteiger partial charge in [0.05, 0.1) is 5.69 Å². The maximum absolute atomic E-state index is 6.43. The third-order valence-corrected chi connectivity index (χ3v) is 4.84. The van der Waals surface area contributed by atoms with Crippen molar-refractivity contribution in [3.8, 4) is 0 Å². The van der Waals surface area contributed by atoms with Crippen molar-refractivity contribution in [1.29, 1.82) is 0 Å². The van der Waals surface area contributed by atoms with Gasteiger partial charge in [-0.2, -0.15) is 0 Å². The molecule has 1 heterocycles. The molecule has 3 heteroatoms. The topological polar surface area (TPSA) is 42.2 Å². The molecule has 0 spiro atoms. The van der Waals surface area contributed by atoms with E-state index in [4.69, 9.17) is 5.73 Å². The number of nitrogens with zero attached hydrogens (tertiary/aromatic N) is 2. The molecule has 0 amide bonds. The summed E-state index contributed by atoms with van der Waals surface area (Å²) in [5.41, 5.74) is 8.99. The second kappa shape index (κ2) is 6.23. The highest BCUT2D eigenvalue weighted by Gasteiger charge is 2.39. The predicted octanol–water partition coefficient (Wildman–Crippen LogP) is 2.98. The van der Waals surface area contributed by atoms with Crippen LogP contribution in [0, 0.1) is 18.3 Å². The molecular weight excluding hydrogens is 246 g/mol. The van der Waals surface area contributed by atoms with E-state index >= 15 is 0 Å². The van der Waals surface area contributed by atoms with Crippen LogP contribution >= 0.6 is 0 Å². The molecule has 0 aliphatic heterocycles. The average Bonchev–Trinajstić information content (AvgIpc) is 2.65. The van der Waals surface area contributed by atoms with Crippen LogP contribution in [-0.2, 0) is 6.54 Å². The molecule has 112 valence electrons. The summed E-state index contributed by atoms with van der Waals surface area (Å²) in [5.74, 6) is 0.620. The number of hydrogen-bond acceptors (Lipinski definition) is 3. The van der Waals surface area contributed by atoms with Gasteiger partial charge in [0.1, 0.15) is 0 Å². The lowest BCUT2D eigenvalue weighted by molar-refractivity contribution is 0.204. The first kappa shape index (κ1) is 15.5. The van der Waals surface area contributed by atoms with E-state index < -0.39 is 0 Å². The van der Waals surface area contributed by atoms with Crippen LogP contribution in [0.1, 0.15) is 45.0 Å². The lowest BCUT2D eigenvalue weighted by Gasteiger charge is -2.30. The Hall–Kier alpha value is -0.930. The summed E-state index contributed by atoms with van der Waals surface area (Å²) in [6.45, 7) is 12.0. The fourth-order valence-corrected chi connectivity index (χ4v) is 3.30. The maximum Gasteiger partial charge on any atom is 0.0547 e. The summed E-state index contributed by atoms with van der Waals surface area (Å²) >= 11 is 0. The van der Waals surface area contributed by atoms with Gasteiger partial charge in [0.2, 0.25) is 0 Å². The van der Waals surface area contributed by atoms with Crippen LogP contribution in [-0.4, -0.2) is 29.0 Å². The zero-order valence-corrected chi connectivity index (χ0v) is 13.4. The van der Waals surface area contributed by atoms with Crippen molar-refractivity contribution in [1.82, 2.24) is 9.88 Å². The summed E-state index contributed by atoms with van der Waals surface area (Å²) in [5, 5.41) is 0. The van der Waals surface area contributed by atoms with Gasteiger partial charge in [0.25, 0.3) is 0 Å². The third-order valence-electron chi connectivity index (χ3n) is 4.84. The highest BCUT2D eigenvalue weighted by molar-refractivity contribution is 5.10. The Bertz CT molecular complexity index is 442. The first-order chi connectivity index (χ1) is 9.42. The fraction of sp³-hybridized carbons (Fsp3) is 0.706. The van der Waals surface area contributed by atoms with Crippen LogP contribution in [0.4, 0.5) is 0 Å². The van der Waals surface area contributed by atoms with E-state index in [0.29, 0.717) is 17.4 Å². The number of aryl methyl sites for hydroxylation is 1. The molecule has 0 radical (unpaired) electrons. The minimum atomic E-state index is 0.297. The van der Waals surface area contributed by atoms with E-state index in [2.05, 4.69) is 55.8 Å². The maximum atomic E-state index is 6.43. The van der Waals surface area contributed by atoms with Gasteiger partial charge < -0.3 is 5.73 Å². The van der Waals surface area contributed by atoms with Gasteiger partial charge in [-0.05, 0) is 49.8 Å². The van der Waals surface area contributed by atoms with Gasteiger partial charge in [-0.25, -0.2) is 0 Å². The quantitative estimate of drug-likeness (QED) is 0.898. The number of pyridine rings is 1. The van der Waals surface area contributed by atoms with Gasteiger partial charge in [-0.15, -0.1) is 0 Å². The van der Waals surface area contributed by atoms with Crippen molar-refractivity contribution < 1.29 is 0 Å². The van der Waals surface area contributed by atoms with Gasteiger partial charge in [0, 0.05) is 24.8 Å². The molecule has 1 saturated carbocycles. The number of hydrogen-bond donors (Lipinski definition) is 1. The molecule has 0 saturated heterocycles. The number of nitrogens with two attached hydrogens (primary N) is 1. The molecule has 1 aliphatic carbocycles. The average molecular weight is 275 g/mol. The standard InChI is InChI=1S/C17H29N3/c1-5-20(12-15-8-6-7-13(2)19-15)11-14-9-10-17(3,4)16(14)18/h6-8,14,16H,5,9-12,18H2,1-4H3. The van der Waals surface area contributed by atoms with E-state index in [1.807, 2.05) is 0 Å². The lowest BCUT2D eigenvalue weighted by Crippen LogP contribution is -2.42. The Kier molecular flexibility index (Phi) is 4.82. The largest absolute Gasteiger partial charge is 0.327 e. The zero-order chi connectivity index (χ0) is 14.8. The van der Waals surface area contributed by atoms with E-state index in [-0.39, 0.29) is 0 Å². The van der Waals surface area contributed by atoms with Crippen LogP contribution in [0.5, 0.6) is 0 Å². The second-order valence-corrected chi connectivity index (χ2v) is 6.91. The van der Waals surface area contributed by atoms with E-state index in [1.165, 1.54) is 12.8 Å². The number of rotatable bonds is 5. The fourth-order valence-electron chi connectivity index (χ4n) is 3.30. The van der Waals surface area contributed by atoms with Crippen molar-refractivity contribution >= 4 is 0 Å². The molecule has 20 heavy (non-hydrogen) atoms. The molecule has 2 rings (SSSR count). The first-order valence-electron chi connectivity index (χ1n) is 7.83. The molecule has 3 nitrogen and oxygen atoms in total. The van der Waals surface area contributed by atoms with Crippen molar-refractivity contribution in [3.63, 3.8) is 0 Å². The molecule has 2 unspecified atom stereocenters. The molecule has 0 bridgehead atoms. The zero-order valence-electron chi connectivity index (χ0n) is 13.4. The van der Waals surface area contributed by atoms with Gasteiger partial charge >= 0.3 is 0 Å². The van der Waals surface area contributed by atoms with Crippen LogP contribution in [0.2, 0.25) is 0 Å². The summed E-state index contributed by atoms with van der Waals surface area (Å²) in [6.07, 6.45) is 2.50. The van der Waals surface area contributed by atoms with Crippen LogP contribution in [0.3, 0.4) is 0 Å². The van der Waals surface area contributed by atoms with Crippen molar-refractivity contribution in [2.24, 2.45) is 17.1 Å². The predicted molar refractivity (Wildman–Crippen MR) is 84.4 cm³/mol. The highest BCUT2D eigenvalue weighted by atomic mass is 15.1. The Morgan fingerprint density at radius 2 is 2.15 bits per heavy atom. The van der Waals surface area contributed by atoms with Gasteiger partial charge in [-0.1, -0.05) is 26.8 Å². The Labute approximate surface area is 123 Å². The smallest absolute Gasteiger partial charge is 0.0547 e. The SMILES string of the molecule is CCN(Cc1cccc(C)n1)CC1CCC(C)(C)C1N. The van der Waals surface area contributed by atoms with Gasteiger partial charge in [-0.3, -0.25) is 9.88 Å². The number of aromatic nitrogens is 1. The van der Waals surface area contributed by atoms with Crippen LogP contribution < -0.4 is 5.73 Å². The molecule has 2 atom stereocenters. The Morgan fingerprint density at radius 1 is 1.40 bits per heavy atom. The van der Waals surface area contributed by atoms with Crippen molar-refractivity contribution in [3.05, 3.63) is 29.6 Å². The third kappa shape index (κ3) is 3.58. The van der Waals surface area contributed by atoms with E-state index in [1.54, 1.807) is 0 Å². The highest BCUT2D eigenvalue weighted by Crippen LogP contribution is 2.40. The lowest BCUT2D eigenvalue weighted by atomic mass is 9.85. The summed E-state index contributed by atoms with van der Waals surface area (Å²) in [7, 11) is 0. The van der Waals surface area contributed by atoms with E-state index in [0.717, 1.165) is 31.0 Å².